The molecule has 0 saturated heterocycles. The summed E-state index contributed by atoms with van der Waals surface area (Å²) < 4.78 is 75.4. The lowest BCUT2D eigenvalue weighted by molar-refractivity contribution is -0.274. The number of alkyl halides is 3. The molecule has 0 bridgehead atoms. The van der Waals surface area contributed by atoms with Crippen LogP contribution in [0, 0.1) is 17.0 Å². The molecule has 0 heterocycles. The number of ether oxygens (including phenoxy) is 2. The molecule has 0 aliphatic carbocycles. The van der Waals surface area contributed by atoms with E-state index >= 15 is 0 Å². The van der Waals surface area contributed by atoms with Crippen LogP contribution in [0.25, 0.3) is 11.1 Å². The van der Waals surface area contributed by atoms with Crippen molar-refractivity contribution in [2.45, 2.75) is 59.0 Å². The highest BCUT2D eigenvalue weighted by Gasteiger charge is 2.36. The van der Waals surface area contributed by atoms with Gasteiger partial charge in [0.05, 0.1) is 11.6 Å². The first-order valence-corrected chi connectivity index (χ1v) is 12.4. The molecule has 0 aliphatic heterocycles. The topological polar surface area (TPSA) is 64.6 Å². The van der Waals surface area contributed by atoms with Gasteiger partial charge in [0.25, 0.3) is 0 Å². The average Bonchev–Trinajstić information content (AvgIpc) is 2.82. The van der Waals surface area contributed by atoms with Gasteiger partial charge in [0.2, 0.25) is 0 Å². The van der Waals surface area contributed by atoms with E-state index in [1.807, 2.05) is 0 Å². The minimum Gasteiger partial charge on any atom is -0.444 e. The maximum Gasteiger partial charge on any atom is 0.573 e. The van der Waals surface area contributed by atoms with Crippen molar-refractivity contribution in [3.8, 4) is 16.9 Å². The Hall–Kier alpha value is -3.95. The van der Waals surface area contributed by atoms with E-state index in [1.54, 1.807) is 45.0 Å². The standard InChI is InChI=1S/C30H30F5NO4/c1-28(2,3)40-27(38)36-24(17-29(4,5)26(37)25-22(31)7-6-8-23(25)32)20-11-9-18(10-12-20)19-13-15-21(16-14-19)39-30(33,34)35/h6-16,24H,17H2,1-5H3,(H,36,38). The van der Waals surface area contributed by atoms with Crippen LogP contribution in [0.4, 0.5) is 26.7 Å². The SMILES string of the molecule is CC(C)(C)OC(=O)NC(CC(C)(C)C(=O)c1c(F)cccc1F)c1ccc(-c2ccc(OC(F)(F)F)cc2)cc1. The van der Waals surface area contributed by atoms with Crippen LogP contribution in [0.3, 0.4) is 0 Å². The van der Waals surface area contributed by atoms with Crippen LogP contribution in [-0.2, 0) is 4.74 Å². The van der Waals surface area contributed by atoms with Crippen molar-refractivity contribution in [2.24, 2.45) is 5.41 Å². The molecule has 1 unspecified atom stereocenters. The van der Waals surface area contributed by atoms with E-state index in [0.717, 1.165) is 12.1 Å². The quantitative estimate of drug-likeness (QED) is 0.221. The summed E-state index contributed by atoms with van der Waals surface area (Å²) in [7, 11) is 0. The summed E-state index contributed by atoms with van der Waals surface area (Å²) in [5.41, 5.74) is -0.915. The van der Waals surface area contributed by atoms with Crippen molar-refractivity contribution < 1.29 is 41.0 Å². The molecule has 0 aliphatic rings. The highest BCUT2D eigenvalue weighted by Crippen LogP contribution is 2.36. The van der Waals surface area contributed by atoms with Gasteiger partial charge in [0.1, 0.15) is 23.0 Å². The summed E-state index contributed by atoms with van der Waals surface area (Å²) in [6, 6.07) is 14.5. The monoisotopic (exact) mass is 563 g/mol. The number of hydrogen-bond donors (Lipinski definition) is 1. The van der Waals surface area contributed by atoms with Crippen LogP contribution in [0.5, 0.6) is 5.75 Å². The molecule has 1 atom stereocenters. The molecular weight excluding hydrogens is 533 g/mol. The third-order valence-electron chi connectivity index (χ3n) is 5.94. The number of carbonyl (C=O) groups excluding carboxylic acids is 2. The summed E-state index contributed by atoms with van der Waals surface area (Å²) in [5.74, 6) is -3.08. The minimum absolute atomic E-state index is 0.0261. The molecule has 3 rings (SSSR count). The normalized spacial score (nSPS) is 12.9. The molecule has 0 spiro atoms. The first-order chi connectivity index (χ1) is 18.4. The van der Waals surface area contributed by atoms with Crippen LogP contribution >= 0.6 is 0 Å². The number of rotatable bonds is 8. The van der Waals surface area contributed by atoms with Crippen molar-refractivity contribution in [3.63, 3.8) is 0 Å². The number of ketones is 1. The molecule has 3 aromatic rings. The Labute approximate surface area is 229 Å². The molecule has 0 saturated carbocycles. The third kappa shape index (κ3) is 8.27. The van der Waals surface area contributed by atoms with E-state index in [4.69, 9.17) is 4.74 Å². The van der Waals surface area contributed by atoms with Crippen LogP contribution in [0.1, 0.15) is 63.0 Å². The van der Waals surface area contributed by atoms with Crippen molar-refractivity contribution in [1.29, 1.82) is 0 Å². The number of amides is 1. The fourth-order valence-corrected chi connectivity index (χ4v) is 4.12. The van der Waals surface area contributed by atoms with Crippen LogP contribution in [-0.4, -0.2) is 23.8 Å². The molecule has 1 amide bonds. The highest BCUT2D eigenvalue weighted by molar-refractivity contribution is 6.00. The number of benzene rings is 3. The third-order valence-corrected chi connectivity index (χ3v) is 5.94. The zero-order valence-corrected chi connectivity index (χ0v) is 22.7. The van der Waals surface area contributed by atoms with Gasteiger partial charge < -0.3 is 14.8 Å². The number of hydrogen-bond acceptors (Lipinski definition) is 4. The fraction of sp³-hybridized carbons (Fsp3) is 0.333. The molecule has 0 radical (unpaired) electrons. The largest absolute Gasteiger partial charge is 0.573 e. The number of Topliss-reactive ketones (excluding diaryl/α,β-unsaturated/α-hetero) is 1. The minimum atomic E-state index is -4.80. The molecule has 0 fully saturated rings. The summed E-state index contributed by atoms with van der Waals surface area (Å²) in [6.07, 6.45) is -5.57. The van der Waals surface area contributed by atoms with Gasteiger partial charge in [-0.25, -0.2) is 13.6 Å². The average molecular weight is 564 g/mol. The van der Waals surface area contributed by atoms with Crippen molar-refractivity contribution in [2.75, 3.05) is 0 Å². The summed E-state index contributed by atoms with van der Waals surface area (Å²) in [4.78, 5) is 25.9. The van der Waals surface area contributed by atoms with Gasteiger partial charge in [-0.1, -0.05) is 56.3 Å². The van der Waals surface area contributed by atoms with Crippen molar-refractivity contribution >= 4 is 11.9 Å². The molecular formula is C30H30F5NO4. The van der Waals surface area contributed by atoms with Gasteiger partial charge in [-0.2, -0.15) is 0 Å². The summed E-state index contributed by atoms with van der Waals surface area (Å²) in [5, 5.41) is 2.75. The molecule has 40 heavy (non-hydrogen) atoms. The summed E-state index contributed by atoms with van der Waals surface area (Å²) in [6.45, 7) is 8.13. The Balaban J connectivity index is 1.89. The maximum atomic E-state index is 14.4. The number of nitrogens with one attached hydrogen (secondary N) is 1. The zero-order valence-electron chi connectivity index (χ0n) is 22.7. The first kappa shape index (κ1) is 30.6. The van der Waals surface area contributed by atoms with E-state index in [2.05, 4.69) is 10.1 Å². The summed E-state index contributed by atoms with van der Waals surface area (Å²) >= 11 is 0. The second-order valence-electron chi connectivity index (χ2n) is 10.9. The Bertz CT molecular complexity index is 1320. The molecule has 5 nitrogen and oxygen atoms in total. The van der Waals surface area contributed by atoms with E-state index in [1.165, 1.54) is 44.2 Å². The lowest BCUT2D eigenvalue weighted by Crippen LogP contribution is -2.38. The van der Waals surface area contributed by atoms with Gasteiger partial charge in [0.15, 0.2) is 5.78 Å². The molecule has 0 aromatic heterocycles. The van der Waals surface area contributed by atoms with Crippen molar-refractivity contribution in [1.82, 2.24) is 5.32 Å². The zero-order chi connectivity index (χ0) is 29.9. The smallest absolute Gasteiger partial charge is 0.444 e. The Kier molecular flexibility index (Phi) is 8.91. The highest BCUT2D eigenvalue weighted by atomic mass is 19.4. The van der Waals surface area contributed by atoms with E-state index in [-0.39, 0.29) is 12.2 Å². The lowest BCUT2D eigenvalue weighted by Gasteiger charge is -2.30. The van der Waals surface area contributed by atoms with Gasteiger partial charge in [-0.05, 0) is 68.1 Å². The van der Waals surface area contributed by atoms with Crippen LogP contribution < -0.4 is 10.1 Å². The van der Waals surface area contributed by atoms with Gasteiger partial charge in [-0.15, -0.1) is 13.2 Å². The second kappa shape index (κ2) is 11.7. The fourth-order valence-electron chi connectivity index (χ4n) is 4.12. The first-order valence-electron chi connectivity index (χ1n) is 12.4. The van der Waals surface area contributed by atoms with Gasteiger partial charge >= 0.3 is 12.5 Å². The molecule has 1 N–H and O–H groups in total. The number of alkyl carbamates (subject to hydrolysis) is 1. The molecule has 214 valence electrons. The van der Waals surface area contributed by atoms with Crippen LogP contribution in [0.2, 0.25) is 0 Å². The number of halogens is 5. The van der Waals surface area contributed by atoms with Gasteiger partial charge in [0, 0.05) is 5.41 Å². The Morgan fingerprint density at radius 3 is 1.77 bits per heavy atom. The van der Waals surface area contributed by atoms with Gasteiger partial charge in [-0.3, -0.25) is 4.79 Å². The Morgan fingerprint density at radius 2 is 1.30 bits per heavy atom. The van der Waals surface area contributed by atoms with E-state index in [9.17, 15) is 31.5 Å². The number of carbonyl (C=O) groups is 2. The predicted octanol–water partition coefficient (Wildman–Crippen LogP) is 8.40. The maximum absolute atomic E-state index is 14.4. The van der Waals surface area contributed by atoms with Crippen LogP contribution in [0.15, 0.2) is 66.7 Å². The van der Waals surface area contributed by atoms with E-state index < -0.39 is 52.5 Å². The van der Waals surface area contributed by atoms with Crippen molar-refractivity contribution in [3.05, 3.63) is 89.5 Å². The molecule has 10 heteroatoms. The molecule has 3 aromatic carbocycles. The second-order valence-corrected chi connectivity index (χ2v) is 10.9. The predicted molar refractivity (Wildman–Crippen MR) is 140 cm³/mol. The Morgan fingerprint density at radius 1 is 0.800 bits per heavy atom. The van der Waals surface area contributed by atoms with E-state index in [0.29, 0.717) is 16.7 Å². The lowest BCUT2D eigenvalue weighted by atomic mass is 9.77.